The molecule has 1 aliphatic heterocycles. The van der Waals surface area contributed by atoms with Crippen LogP contribution in [0, 0.1) is 11.7 Å². The average molecular weight is 384 g/mol. The summed E-state index contributed by atoms with van der Waals surface area (Å²) >= 11 is 0. The van der Waals surface area contributed by atoms with Gasteiger partial charge in [-0.05, 0) is 49.4 Å². The van der Waals surface area contributed by atoms with Crippen molar-refractivity contribution in [3.8, 4) is 5.75 Å². The highest BCUT2D eigenvalue weighted by atomic mass is 35.5. The van der Waals surface area contributed by atoms with Gasteiger partial charge < -0.3 is 10.1 Å². The summed E-state index contributed by atoms with van der Waals surface area (Å²) in [5, 5.41) is 3.68. The fourth-order valence-electron chi connectivity index (χ4n) is 4.60. The van der Waals surface area contributed by atoms with Gasteiger partial charge >= 0.3 is 0 Å². The molecule has 0 aromatic heterocycles. The summed E-state index contributed by atoms with van der Waals surface area (Å²) in [7, 11) is 1.53. The molecular formula is C22H35ClFNO. The molecule has 1 aromatic rings. The Morgan fingerprint density at radius 3 is 2.31 bits per heavy atom. The van der Waals surface area contributed by atoms with E-state index >= 15 is 0 Å². The number of hydrogen-bond donors (Lipinski definition) is 1. The lowest BCUT2D eigenvalue weighted by molar-refractivity contribution is 0.385. The van der Waals surface area contributed by atoms with Gasteiger partial charge in [-0.15, -0.1) is 12.4 Å². The number of rotatable bonds is 2. The van der Waals surface area contributed by atoms with Crippen LogP contribution in [0.25, 0.3) is 0 Å². The van der Waals surface area contributed by atoms with Crippen molar-refractivity contribution in [2.45, 2.75) is 76.0 Å². The molecule has 1 heterocycles. The lowest BCUT2D eigenvalue weighted by atomic mass is 9.91. The summed E-state index contributed by atoms with van der Waals surface area (Å²) < 4.78 is 19.3. The Labute approximate surface area is 164 Å². The molecule has 2 nitrogen and oxygen atoms in total. The number of fused-ring (bicyclic) bond motifs is 1. The molecular weight excluding hydrogens is 349 g/mol. The molecule has 1 saturated carbocycles. The van der Waals surface area contributed by atoms with Crippen LogP contribution >= 0.6 is 12.4 Å². The highest BCUT2D eigenvalue weighted by Crippen LogP contribution is 2.56. The van der Waals surface area contributed by atoms with Crippen molar-refractivity contribution in [3.05, 3.63) is 29.6 Å². The van der Waals surface area contributed by atoms with E-state index in [-0.39, 0.29) is 23.6 Å². The Balaban J connectivity index is 0.00000243. The van der Waals surface area contributed by atoms with Crippen molar-refractivity contribution in [2.75, 3.05) is 20.2 Å². The second-order valence-electron chi connectivity index (χ2n) is 8.05. The van der Waals surface area contributed by atoms with Crippen LogP contribution in [-0.2, 0) is 5.41 Å². The maximum Gasteiger partial charge on any atom is 0.165 e. The molecule has 26 heavy (non-hydrogen) atoms. The molecule has 2 unspecified atom stereocenters. The predicted octanol–water partition coefficient (Wildman–Crippen LogP) is 6.02. The normalized spacial score (nSPS) is 28.0. The fourth-order valence-corrected chi connectivity index (χ4v) is 4.60. The van der Waals surface area contributed by atoms with Gasteiger partial charge in [0, 0.05) is 12.0 Å². The van der Waals surface area contributed by atoms with Gasteiger partial charge in [-0.2, -0.15) is 0 Å². The van der Waals surface area contributed by atoms with Gasteiger partial charge in [-0.3, -0.25) is 0 Å². The first-order valence-electron chi connectivity index (χ1n) is 10.3. The largest absolute Gasteiger partial charge is 0.494 e. The molecule has 4 heteroatoms. The van der Waals surface area contributed by atoms with Gasteiger partial charge in [0.15, 0.2) is 11.6 Å². The van der Waals surface area contributed by atoms with E-state index in [4.69, 9.17) is 4.74 Å². The molecule has 3 rings (SSSR count). The zero-order chi connectivity index (χ0) is 17.5. The average Bonchev–Trinajstić information content (AvgIpc) is 3.32. The van der Waals surface area contributed by atoms with Gasteiger partial charge in [-0.1, -0.05) is 57.4 Å². The van der Waals surface area contributed by atoms with Gasteiger partial charge in [0.2, 0.25) is 0 Å². The van der Waals surface area contributed by atoms with Crippen molar-refractivity contribution < 1.29 is 9.13 Å². The molecule has 2 aliphatic rings. The zero-order valence-corrected chi connectivity index (χ0v) is 17.0. The van der Waals surface area contributed by atoms with Crippen LogP contribution in [0.15, 0.2) is 18.2 Å². The van der Waals surface area contributed by atoms with Crippen molar-refractivity contribution in [3.63, 3.8) is 0 Å². The minimum atomic E-state index is -0.226. The molecule has 0 spiro atoms. The maximum atomic E-state index is 14.2. The van der Waals surface area contributed by atoms with Gasteiger partial charge in [0.05, 0.1) is 7.11 Å². The van der Waals surface area contributed by atoms with Crippen molar-refractivity contribution in [1.82, 2.24) is 5.32 Å². The molecule has 0 bridgehead atoms. The minimum Gasteiger partial charge on any atom is -0.494 e. The summed E-state index contributed by atoms with van der Waals surface area (Å²) in [6.45, 7) is 2.08. The molecule has 0 amide bonds. The topological polar surface area (TPSA) is 21.3 Å². The van der Waals surface area contributed by atoms with Gasteiger partial charge in [-0.25, -0.2) is 4.39 Å². The first kappa shape index (κ1) is 21.5. The SMILES string of the molecule is COc1ccc(C23CNCCCCCCCCCCCC2C3)cc1F.Cl. The number of methoxy groups -OCH3 is 1. The maximum absolute atomic E-state index is 14.2. The van der Waals surface area contributed by atoms with Crippen LogP contribution in [0.3, 0.4) is 0 Å². The van der Waals surface area contributed by atoms with E-state index in [2.05, 4.69) is 11.4 Å². The van der Waals surface area contributed by atoms with Crippen LogP contribution in [0.4, 0.5) is 4.39 Å². The number of ether oxygens (including phenoxy) is 1. The lowest BCUT2D eigenvalue weighted by Gasteiger charge is -2.20. The van der Waals surface area contributed by atoms with Gasteiger partial charge in [0.25, 0.3) is 0 Å². The first-order valence-corrected chi connectivity index (χ1v) is 10.3. The van der Waals surface area contributed by atoms with E-state index in [1.165, 1.54) is 77.7 Å². The third kappa shape index (κ3) is 5.36. The van der Waals surface area contributed by atoms with E-state index in [0.717, 1.165) is 18.7 Å². The Morgan fingerprint density at radius 1 is 1.00 bits per heavy atom. The summed E-state index contributed by atoms with van der Waals surface area (Å²) in [6.07, 6.45) is 14.7. The van der Waals surface area contributed by atoms with Crippen LogP contribution < -0.4 is 10.1 Å². The highest BCUT2D eigenvalue weighted by molar-refractivity contribution is 5.85. The van der Waals surface area contributed by atoms with E-state index in [1.54, 1.807) is 12.1 Å². The third-order valence-electron chi connectivity index (χ3n) is 6.31. The molecule has 2 atom stereocenters. The van der Waals surface area contributed by atoms with Crippen LogP contribution in [0.1, 0.15) is 76.2 Å². The Kier molecular flexibility index (Phi) is 8.69. The Morgan fingerprint density at radius 2 is 1.65 bits per heavy atom. The van der Waals surface area contributed by atoms with Gasteiger partial charge in [0.1, 0.15) is 0 Å². The Hall–Kier alpha value is -0.800. The van der Waals surface area contributed by atoms with E-state index < -0.39 is 0 Å². The monoisotopic (exact) mass is 383 g/mol. The molecule has 1 aliphatic carbocycles. The van der Waals surface area contributed by atoms with E-state index in [1.807, 2.05) is 0 Å². The quantitative estimate of drug-likeness (QED) is 0.674. The number of halogens is 2. The second-order valence-corrected chi connectivity index (χ2v) is 8.05. The smallest absolute Gasteiger partial charge is 0.165 e. The van der Waals surface area contributed by atoms with E-state index in [0.29, 0.717) is 11.7 Å². The van der Waals surface area contributed by atoms with E-state index in [9.17, 15) is 4.39 Å². The number of nitrogens with one attached hydrogen (secondary N) is 1. The summed E-state index contributed by atoms with van der Waals surface area (Å²) in [6, 6.07) is 5.59. The molecule has 0 radical (unpaired) electrons. The summed E-state index contributed by atoms with van der Waals surface area (Å²) in [5.74, 6) is 0.830. The highest BCUT2D eigenvalue weighted by Gasteiger charge is 2.54. The van der Waals surface area contributed by atoms with Crippen LogP contribution in [0.5, 0.6) is 5.75 Å². The fraction of sp³-hybridized carbons (Fsp3) is 0.727. The molecule has 2 fully saturated rings. The standard InChI is InChI=1S/C22H34FNO.ClH/c1-25-21-13-12-18(15-20(21)23)22-16-19(22)11-9-7-5-3-2-4-6-8-10-14-24-17-22;/h12-13,15,19,24H,2-11,14,16-17H2,1H3;1H. The molecule has 1 aromatic carbocycles. The third-order valence-corrected chi connectivity index (χ3v) is 6.31. The summed E-state index contributed by atoms with van der Waals surface area (Å²) in [4.78, 5) is 0. The van der Waals surface area contributed by atoms with Crippen molar-refractivity contribution in [2.24, 2.45) is 5.92 Å². The Bertz CT molecular complexity index is 553. The van der Waals surface area contributed by atoms with Crippen molar-refractivity contribution >= 4 is 12.4 Å². The van der Waals surface area contributed by atoms with Crippen LogP contribution in [-0.4, -0.2) is 20.2 Å². The second kappa shape index (κ2) is 10.5. The zero-order valence-electron chi connectivity index (χ0n) is 16.2. The van der Waals surface area contributed by atoms with Crippen molar-refractivity contribution in [1.29, 1.82) is 0 Å². The summed E-state index contributed by atoms with van der Waals surface area (Å²) in [5.41, 5.74) is 1.31. The first-order chi connectivity index (χ1) is 12.3. The minimum absolute atomic E-state index is 0. The number of benzene rings is 1. The molecule has 148 valence electrons. The number of hydrogen-bond acceptors (Lipinski definition) is 2. The molecule has 1 N–H and O–H groups in total. The molecule has 1 saturated heterocycles. The lowest BCUT2D eigenvalue weighted by Crippen LogP contribution is -2.29. The predicted molar refractivity (Wildman–Crippen MR) is 109 cm³/mol. The van der Waals surface area contributed by atoms with Crippen LogP contribution in [0.2, 0.25) is 0 Å².